The summed E-state index contributed by atoms with van der Waals surface area (Å²) >= 11 is 0. The van der Waals surface area contributed by atoms with Crippen molar-refractivity contribution in [1.29, 1.82) is 0 Å². The quantitative estimate of drug-likeness (QED) is 0.927. The van der Waals surface area contributed by atoms with Gasteiger partial charge in [0, 0.05) is 19.3 Å². The minimum absolute atomic E-state index is 0.139. The van der Waals surface area contributed by atoms with E-state index in [1.165, 1.54) is 16.7 Å². The number of nitrogens with two attached hydrogens (primary N) is 1. The van der Waals surface area contributed by atoms with Crippen LogP contribution in [0.5, 0.6) is 0 Å². The van der Waals surface area contributed by atoms with E-state index in [9.17, 15) is 0 Å². The highest BCUT2D eigenvalue weighted by Gasteiger charge is 2.22. The van der Waals surface area contributed by atoms with Crippen LogP contribution in [0.3, 0.4) is 0 Å². The summed E-state index contributed by atoms with van der Waals surface area (Å²) in [6.07, 6.45) is 3.13. The lowest BCUT2D eigenvalue weighted by Crippen LogP contribution is -2.27. The van der Waals surface area contributed by atoms with Gasteiger partial charge in [-0.2, -0.15) is 0 Å². The molecule has 1 unspecified atom stereocenters. The Balaban J connectivity index is 1.66. The molecule has 0 aromatic heterocycles. The van der Waals surface area contributed by atoms with Crippen molar-refractivity contribution in [3.63, 3.8) is 0 Å². The molecule has 1 fully saturated rings. The van der Waals surface area contributed by atoms with Gasteiger partial charge in [0.1, 0.15) is 0 Å². The maximum absolute atomic E-state index is 6.42. The van der Waals surface area contributed by atoms with E-state index in [0.717, 1.165) is 32.5 Å². The molecule has 0 amide bonds. The molecule has 2 heteroatoms. The second-order valence-corrected chi connectivity index (χ2v) is 5.88. The van der Waals surface area contributed by atoms with Gasteiger partial charge in [-0.25, -0.2) is 0 Å². The van der Waals surface area contributed by atoms with E-state index >= 15 is 0 Å². The van der Waals surface area contributed by atoms with E-state index in [4.69, 9.17) is 10.5 Å². The average Bonchev–Trinajstić information content (AvgIpc) is 2.57. The van der Waals surface area contributed by atoms with Gasteiger partial charge in [0.2, 0.25) is 0 Å². The Labute approximate surface area is 126 Å². The Morgan fingerprint density at radius 3 is 2.19 bits per heavy atom. The summed E-state index contributed by atoms with van der Waals surface area (Å²) in [5.41, 5.74) is 10.3. The van der Waals surface area contributed by atoms with E-state index in [2.05, 4.69) is 54.6 Å². The molecule has 3 rings (SSSR count). The van der Waals surface area contributed by atoms with Crippen LogP contribution in [0, 0.1) is 5.92 Å². The second kappa shape index (κ2) is 6.88. The molecule has 2 nitrogen and oxygen atoms in total. The third-order valence-corrected chi connectivity index (χ3v) is 4.39. The van der Waals surface area contributed by atoms with E-state index in [0.29, 0.717) is 5.92 Å². The molecule has 0 bridgehead atoms. The third-order valence-electron chi connectivity index (χ3n) is 4.39. The van der Waals surface area contributed by atoms with Gasteiger partial charge in [0.05, 0.1) is 0 Å². The average molecular weight is 281 g/mol. The van der Waals surface area contributed by atoms with Gasteiger partial charge in [-0.05, 0) is 41.9 Å². The Kier molecular flexibility index (Phi) is 4.69. The SMILES string of the molecule is NC(c1ccc(Cc2ccccc2)cc1)C1CCOCC1. The fourth-order valence-electron chi connectivity index (χ4n) is 3.04. The molecule has 2 aromatic rings. The van der Waals surface area contributed by atoms with Crippen LogP contribution in [-0.4, -0.2) is 13.2 Å². The van der Waals surface area contributed by atoms with E-state index in [1.54, 1.807) is 0 Å². The van der Waals surface area contributed by atoms with Crippen molar-refractivity contribution in [1.82, 2.24) is 0 Å². The third kappa shape index (κ3) is 3.72. The number of rotatable bonds is 4. The molecule has 2 aromatic carbocycles. The number of hydrogen-bond acceptors (Lipinski definition) is 2. The molecule has 1 saturated heterocycles. The van der Waals surface area contributed by atoms with Crippen molar-refractivity contribution >= 4 is 0 Å². The predicted molar refractivity (Wildman–Crippen MR) is 86.2 cm³/mol. The van der Waals surface area contributed by atoms with Crippen molar-refractivity contribution in [2.45, 2.75) is 25.3 Å². The predicted octanol–water partition coefficient (Wildman–Crippen LogP) is 3.70. The van der Waals surface area contributed by atoms with Crippen molar-refractivity contribution in [3.05, 3.63) is 71.3 Å². The zero-order chi connectivity index (χ0) is 14.5. The maximum atomic E-state index is 6.42. The van der Waals surface area contributed by atoms with Gasteiger partial charge in [0.15, 0.2) is 0 Å². The Morgan fingerprint density at radius 1 is 0.905 bits per heavy atom. The molecular formula is C19H23NO. The van der Waals surface area contributed by atoms with Crippen molar-refractivity contribution in [2.24, 2.45) is 11.7 Å². The maximum Gasteiger partial charge on any atom is 0.0469 e. The van der Waals surface area contributed by atoms with Gasteiger partial charge < -0.3 is 10.5 Å². The first kappa shape index (κ1) is 14.3. The van der Waals surface area contributed by atoms with Gasteiger partial charge in [-0.15, -0.1) is 0 Å². The number of benzene rings is 2. The Morgan fingerprint density at radius 2 is 1.52 bits per heavy atom. The Bertz CT molecular complexity index is 544. The first-order valence-corrected chi connectivity index (χ1v) is 7.79. The molecule has 1 aliphatic heterocycles. The molecule has 0 spiro atoms. The summed E-state index contributed by atoms with van der Waals surface area (Å²) in [5.74, 6) is 0.554. The lowest BCUT2D eigenvalue weighted by molar-refractivity contribution is 0.0584. The van der Waals surface area contributed by atoms with Crippen molar-refractivity contribution in [2.75, 3.05) is 13.2 Å². The minimum Gasteiger partial charge on any atom is -0.381 e. The first-order chi connectivity index (χ1) is 10.3. The van der Waals surface area contributed by atoms with E-state index < -0.39 is 0 Å². The van der Waals surface area contributed by atoms with Crippen molar-refractivity contribution < 1.29 is 4.74 Å². The standard InChI is InChI=1S/C19H23NO/c20-19(18-10-12-21-13-11-18)17-8-6-16(7-9-17)14-15-4-2-1-3-5-15/h1-9,18-19H,10-14,20H2. The van der Waals surface area contributed by atoms with Crippen molar-refractivity contribution in [3.8, 4) is 0 Å². The minimum atomic E-state index is 0.139. The molecule has 21 heavy (non-hydrogen) atoms. The van der Waals surface area contributed by atoms with Crippen LogP contribution in [0.4, 0.5) is 0 Å². The molecule has 1 aliphatic rings. The van der Waals surface area contributed by atoms with Gasteiger partial charge >= 0.3 is 0 Å². The Hall–Kier alpha value is -1.64. The summed E-state index contributed by atoms with van der Waals surface area (Å²) in [5, 5.41) is 0. The van der Waals surface area contributed by atoms with Crippen LogP contribution in [0.25, 0.3) is 0 Å². The topological polar surface area (TPSA) is 35.2 Å². The molecule has 110 valence electrons. The number of ether oxygens (including phenoxy) is 1. The molecule has 0 radical (unpaired) electrons. The van der Waals surface area contributed by atoms with Crippen LogP contribution in [0.15, 0.2) is 54.6 Å². The normalized spacial score (nSPS) is 17.6. The summed E-state index contributed by atoms with van der Waals surface area (Å²) < 4.78 is 5.42. The van der Waals surface area contributed by atoms with Crippen LogP contribution >= 0.6 is 0 Å². The molecular weight excluding hydrogens is 258 g/mol. The summed E-state index contributed by atoms with van der Waals surface area (Å²) in [7, 11) is 0. The van der Waals surface area contributed by atoms with Crippen LogP contribution in [0.2, 0.25) is 0 Å². The van der Waals surface area contributed by atoms with Gasteiger partial charge in [0.25, 0.3) is 0 Å². The van der Waals surface area contributed by atoms with Crippen LogP contribution in [-0.2, 0) is 11.2 Å². The lowest BCUT2D eigenvalue weighted by Gasteiger charge is -2.28. The van der Waals surface area contributed by atoms with E-state index in [-0.39, 0.29) is 6.04 Å². The molecule has 1 heterocycles. The van der Waals surface area contributed by atoms with Crippen LogP contribution in [0.1, 0.15) is 35.6 Å². The zero-order valence-corrected chi connectivity index (χ0v) is 12.4. The monoisotopic (exact) mass is 281 g/mol. The summed E-state index contributed by atoms with van der Waals surface area (Å²) in [6, 6.07) is 19.5. The zero-order valence-electron chi connectivity index (χ0n) is 12.4. The fraction of sp³-hybridized carbons (Fsp3) is 0.368. The highest BCUT2D eigenvalue weighted by atomic mass is 16.5. The molecule has 0 saturated carbocycles. The molecule has 2 N–H and O–H groups in total. The molecule has 1 atom stereocenters. The van der Waals surface area contributed by atoms with Gasteiger partial charge in [-0.3, -0.25) is 0 Å². The number of hydrogen-bond donors (Lipinski definition) is 1. The smallest absolute Gasteiger partial charge is 0.0469 e. The second-order valence-electron chi connectivity index (χ2n) is 5.88. The lowest BCUT2D eigenvalue weighted by atomic mass is 9.87. The largest absolute Gasteiger partial charge is 0.381 e. The fourth-order valence-corrected chi connectivity index (χ4v) is 3.04. The van der Waals surface area contributed by atoms with E-state index in [1.807, 2.05) is 0 Å². The van der Waals surface area contributed by atoms with Gasteiger partial charge in [-0.1, -0.05) is 54.6 Å². The highest BCUT2D eigenvalue weighted by molar-refractivity contribution is 5.30. The van der Waals surface area contributed by atoms with Crippen LogP contribution < -0.4 is 5.73 Å². The first-order valence-electron chi connectivity index (χ1n) is 7.79. The summed E-state index contributed by atoms with van der Waals surface area (Å²) in [4.78, 5) is 0. The summed E-state index contributed by atoms with van der Waals surface area (Å²) in [6.45, 7) is 1.70. The highest BCUT2D eigenvalue weighted by Crippen LogP contribution is 2.28. The molecule has 0 aliphatic carbocycles.